The second kappa shape index (κ2) is 6.04. The van der Waals surface area contributed by atoms with Crippen molar-refractivity contribution >= 4 is 11.9 Å². The first-order chi connectivity index (χ1) is 9.22. The van der Waals surface area contributed by atoms with Gasteiger partial charge in [0.1, 0.15) is 6.33 Å². The van der Waals surface area contributed by atoms with Gasteiger partial charge in [0.25, 0.3) is 0 Å². The predicted molar refractivity (Wildman–Crippen MR) is 66.3 cm³/mol. The third-order valence-electron chi connectivity index (χ3n) is 2.19. The minimum absolute atomic E-state index is 0.105. The van der Waals surface area contributed by atoms with Crippen LogP contribution in [0.25, 0.3) is 5.95 Å². The first-order valence-electron chi connectivity index (χ1n) is 5.46. The van der Waals surface area contributed by atoms with Gasteiger partial charge in [0.05, 0.1) is 12.7 Å². The SMILES string of the molecule is NNc1nc(NCC(O)CO)nc(-n2ccnc2)n1. The van der Waals surface area contributed by atoms with Crippen LogP contribution in [0.15, 0.2) is 18.7 Å². The highest BCUT2D eigenvalue weighted by Crippen LogP contribution is 2.08. The average Bonchev–Trinajstić information content (AvgIpc) is 2.98. The Morgan fingerprint density at radius 1 is 1.32 bits per heavy atom. The highest BCUT2D eigenvalue weighted by atomic mass is 16.3. The minimum atomic E-state index is -0.900. The Hall–Kier alpha value is -2.30. The Labute approximate surface area is 108 Å². The van der Waals surface area contributed by atoms with Gasteiger partial charge in [-0.15, -0.1) is 0 Å². The van der Waals surface area contributed by atoms with Crippen molar-refractivity contribution < 1.29 is 10.2 Å². The molecule has 0 aliphatic carbocycles. The van der Waals surface area contributed by atoms with E-state index in [0.29, 0.717) is 5.95 Å². The highest BCUT2D eigenvalue weighted by Gasteiger charge is 2.08. The zero-order valence-corrected chi connectivity index (χ0v) is 9.93. The lowest BCUT2D eigenvalue weighted by Gasteiger charge is -2.10. The Kier molecular flexibility index (Phi) is 4.18. The number of aliphatic hydroxyl groups is 2. The van der Waals surface area contributed by atoms with E-state index in [1.165, 1.54) is 6.33 Å². The normalized spacial score (nSPS) is 12.2. The minimum Gasteiger partial charge on any atom is -0.394 e. The number of aliphatic hydroxyl groups excluding tert-OH is 2. The van der Waals surface area contributed by atoms with Crippen LogP contribution >= 0.6 is 0 Å². The Bertz CT molecular complexity index is 517. The van der Waals surface area contributed by atoms with E-state index >= 15 is 0 Å². The van der Waals surface area contributed by atoms with Crippen LogP contribution in [0.1, 0.15) is 0 Å². The molecule has 102 valence electrons. The number of imidazole rings is 1. The number of nitrogens with one attached hydrogen (secondary N) is 2. The number of aromatic nitrogens is 5. The van der Waals surface area contributed by atoms with Gasteiger partial charge in [-0.05, 0) is 0 Å². The van der Waals surface area contributed by atoms with Gasteiger partial charge in [-0.25, -0.2) is 10.8 Å². The van der Waals surface area contributed by atoms with Gasteiger partial charge in [-0.1, -0.05) is 0 Å². The molecule has 0 aromatic carbocycles. The molecule has 1 atom stereocenters. The van der Waals surface area contributed by atoms with E-state index < -0.39 is 6.10 Å². The van der Waals surface area contributed by atoms with Gasteiger partial charge in [-0.2, -0.15) is 15.0 Å². The van der Waals surface area contributed by atoms with Crippen molar-refractivity contribution in [2.24, 2.45) is 5.84 Å². The summed E-state index contributed by atoms with van der Waals surface area (Å²) in [6.07, 6.45) is 3.88. The zero-order chi connectivity index (χ0) is 13.7. The molecule has 1 unspecified atom stereocenters. The number of nitrogens with two attached hydrogens (primary N) is 1. The predicted octanol–water partition coefficient (Wildman–Crippen LogP) is -1.89. The number of hydrogen-bond acceptors (Lipinski definition) is 9. The maximum Gasteiger partial charge on any atom is 0.243 e. The second-order valence-electron chi connectivity index (χ2n) is 3.61. The summed E-state index contributed by atoms with van der Waals surface area (Å²) >= 11 is 0. The van der Waals surface area contributed by atoms with E-state index in [4.69, 9.17) is 10.9 Å². The van der Waals surface area contributed by atoms with Crippen LogP contribution in [-0.4, -0.2) is 54.0 Å². The lowest BCUT2D eigenvalue weighted by atomic mass is 10.4. The summed E-state index contributed by atoms with van der Waals surface area (Å²) in [5, 5.41) is 20.8. The molecule has 6 N–H and O–H groups in total. The summed E-state index contributed by atoms with van der Waals surface area (Å²) in [4.78, 5) is 16.0. The van der Waals surface area contributed by atoms with E-state index in [-0.39, 0.29) is 25.0 Å². The number of nitrogen functional groups attached to an aromatic ring is 1. The molecule has 19 heavy (non-hydrogen) atoms. The first kappa shape index (κ1) is 13.1. The molecule has 10 heteroatoms. The summed E-state index contributed by atoms with van der Waals surface area (Å²) in [7, 11) is 0. The van der Waals surface area contributed by atoms with Gasteiger partial charge < -0.3 is 15.5 Å². The molecule has 2 aromatic rings. The van der Waals surface area contributed by atoms with E-state index in [1.54, 1.807) is 17.0 Å². The molecule has 2 aromatic heterocycles. The lowest BCUT2D eigenvalue weighted by molar-refractivity contribution is 0.105. The third kappa shape index (κ3) is 3.34. The van der Waals surface area contributed by atoms with Crippen molar-refractivity contribution in [3.63, 3.8) is 0 Å². The molecular formula is C9H14N8O2. The highest BCUT2D eigenvalue weighted by molar-refractivity contribution is 5.37. The van der Waals surface area contributed by atoms with Crippen LogP contribution < -0.4 is 16.6 Å². The van der Waals surface area contributed by atoms with Gasteiger partial charge in [0.2, 0.25) is 17.8 Å². The summed E-state index contributed by atoms with van der Waals surface area (Å²) in [5.74, 6) is 5.99. The topological polar surface area (TPSA) is 147 Å². The van der Waals surface area contributed by atoms with Crippen LogP contribution in [0.5, 0.6) is 0 Å². The maximum atomic E-state index is 9.26. The molecule has 0 saturated carbocycles. The molecule has 2 rings (SSSR count). The smallest absolute Gasteiger partial charge is 0.243 e. The quantitative estimate of drug-likeness (QED) is 0.299. The molecule has 0 fully saturated rings. The molecule has 0 saturated heterocycles. The number of hydrogen-bond donors (Lipinski definition) is 5. The third-order valence-corrected chi connectivity index (χ3v) is 2.19. The second-order valence-corrected chi connectivity index (χ2v) is 3.61. The lowest BCUT2D eigenvalue weighted by Crippen LogP contribution is -2.24. The molecule has 0 aliphatic rings. The molecule has 0 radical (unpaired) electrons. The summed E-state index contributed by atoms with van der Waals surface area (Å²) < 4.78 is 1.58. The van der Waals surface area contributed by atoms with E-state index in [1.807, 2.05) is 0 Å². The molecule has 0 amide bonds. The van der Waals surface area contributed by atoms with Crippen molar-refractivity contribution in [1.82, 2.24) is 24.5 Å². The standard InChI is InChI=1S/C9H14N8O2/c10-16-8-13-7(12-3-6(19)4-18)14-9(15-8)17-2-1-11-5-17/h1-2,5-6,18-19H,3-4,10H2,(H2,12,13,14,15,16). The molecule has 0 spiro atoms. The number of anilines is 2. The average molecular weight is 266 g/mol. The van der Waals surface area contributed by atoms with Crippen molar-refractivity contribution in [1.29, 1.82) is 0 Å². The fraction of sp³-hybridized carbons (Fsp3) is 0.333. The maximum absolute atomic E-state index is 9.26. The summed E-state index contributed by atoms with van der Waals surface area (Å²) in [5.41, 5.74) is 2.32. The first-order valence-corrected chi connectivity index (χ1v) is 5.46. The van der Waals surface area contributed by atoms with Crippen LogP contribution in [0, 0.1) is 0 Å². The van der Waals surface area contributed by atoms with Crippen LogP contribution in [0.2, 0.25) is 0 Å². The van der Waals surface area contributed by atoms with Crippen molar-refractivity contribution in [3.8, 4) is 5.95 Å². The van der Waals surface area contributed by atoms with E-state index in [9.17, 15) is 5.11 Å². The fourth-order valence-electron chi connectivity index (χ4n) is 1.27. The Morgan fingerprint density at radius 3 is 2.74 bits per heavy atom. The molecule has 10 nitrogen and oxygen atoms in total. The summed E-state index contributed by atoms with van der Waals surface area (Å²) in [6.45, 7) is -0.248. The van der Waals surface area contributed by atoms with Gasteiger partial charge in [-0.3, -0.25) is 9.99 Å². The number of hydrazine groups is 1. The van der Waals surface area contributed by atoms with Gasteiger partial charge in [0.15, 0.2) is 0 Å². The number of rotatable bonds is 6. The summed E-state index contributed by atoms with van der Waals surface area (Å²) in [6, 6.07) is 0. The van der Waals surface area contributed by atoms with Crippen molar-refractivity contribution in [2.75, 3.05) is 23.9 Å². The van der Waals surface area contributed by atoms with Gasteiger partial charge >= 0.3 is 0 Å². The number of nitrogens with zero attached hydrogens (tertiary/aromatic N) is 5. The van der Waals surface area contributed by atoms with Crippen LogP contribution in [0.3, 0.4) is 0 Å². The van der Waals surface area contributed by atoms with Crippen LogP contribution in [-0.2, 0) is 0 Å². The van der Waals surface area contributed by atoms with E-state index in [2.05, 4.69) is 30.7 Å². The largest absolute Gasteiger partial charge is 0.394 e. The monoisotopic (exact) mass is 266 g/mol. The molecule has 0 bridgehead atoms. The van der Waals surface area contributed by atoms with Gasteiger partial charge in [0, 0.05) is 18.9 Å². The van der Waals surface area contributed by atoms with Crippen LogP contribution in [0.4, 0.5) is 11.9 Å². The molecule has 2 heterocycles. The van der Waals surface area contributed by atoms with E-state index in [0.717, 1.165) is 0 Å². The molecule has 0 aliphatic heterocycles. The van der Waals surface area contributed by atoms with Crippen molar-refractivity contribution in [2.45, 2.75) is 6.10 Å². The zero-order valence-electron chi connectivity index (χ0n) is 9.93. The van der Waals surface area contributed by atoms with Crippen molar-refractivity contribution in [3.05, 3.63) is 18.7 Å². The fourth-order valence-corrected chi connectivity index (χ4v) is 1.27. The Morgan fingerprint density at radius 2 is 2.11 bits per heavy atom. The Balaban J connectivity index is 2.21. The molecular weight excluding hydrogens is 252 g/mol.